The second kappa shape index (κ2) is 6.03. The summed E-state index contributed by atoms with van der Waals surface area (Å²) >= 11 is -1.99. The molecule has 0 aliphatic heterocycles. The minimum absolute atomic E-state index is 0. The number of rotatable bonds is 3. The summed E-state index contributed by atoms with van der Waals surface area (Å²) in [4.78, 5) is 0. The molecule has 1 atom stereocenters. The van der Waals surface area contributed by atoms with Gasteiger partial charge in [-0.1, -0.05) is 55.3 Å². The van der Waals surface area contributed by atoms with E-state index in [1.807, 2.05) is 44.2 Å². The molecule has 0 aromatic heterocycles. The van der Waals surface area contributed by atoms with Crippen molar-refractivity contribution in [1.29, 1.82) is 0 Å². The molecule has 0 saturated carbocycles. The summed E-state index contributed by atoms with van der Waals surface area (Å²) in [7, 11) is 0. The van der Waals surface area contributed by atoms with Crippen molar-refractivity contribution >= 4 is 11.1 Å². The van der Waals surface area contributed by atoms with Gasteiger partial charge in [-0.05, 0) is 5.56 Å². The van der Waals surface area contributed by atoms with Gasteiger partial charge in [-0.3, -0.25) is 4.21 Å². The molecular weight excluding hydrogens is 207 g/mol. The average Bonchev–Trinajstić information content (AvgIpc) is 2.04. The molecule has 0 radical (unpaired) electrons. The SMILES string of the molecule is CC(C)(CS(=O)[O-])c1ccccc1.[Na+]. The van der Waals surface area contributed by atoms with Gasteiger partial charge in [0.2, 0.25) is 0 Å². The predicted molar refractivity (Wildman–Crippen MR) is 53.3 cm³/mol. The van der Waals surface area contributed by atoms with Crippen molar-refractivity contribution in [2.45, 2.75) is 19.3 Å². The van der Waals surface area contributed by atoms with Crippen molar-refractivity contribution in [1.82, 2.24) is 0 Å². The van der Waals surface area contributed by atoms with Gasteiger partial charge in [0.25, 0.3) is 0 Å². The Kier molecular flexibility index (Phi) is 6.17. The molecule has 0 amide bonds. The Bertz CT molecular complexity index is 298. The van der Waals surface area contributed by atoms with Crippen LogP contribution in [0.25, 0.3) is 0 Å². The summed E-state index contributed by atoms with van der Waals surface area (Å²) in [6, 6.07) is 9.67. The van der Waals surface area contributed by atoms with E-state index in [4.69, 9.17) is 0 Å². The number of hydrogen-bond donors (Lipinski definition) is 0. The van der Waals surface area contributed by atoms with E-state index in [1.54, 1.807) is 0 Å². The smallest absolute Gasteiger partial charge is 0.772 e. The molecule has 0 aliphatic carbocycles. The van der Waals surface area contributed by atoms with Crippen LogP contribution in [0.4, 0.5) is 0 Å². The molecular formula is C10H13NaO2S. The normalized spacial score (nSPS) is 13.1. The molecule has 1 unspecified atom stereocenters. The van der Waals surface area contributed by atoms with Gasteiger partial charge in [0.05, 0.1) is 0 Å². The Morgan fingerprint density at radius 3 is 2.21 bits per heavy atom. The van der Waals surface area contributed by atoms with Gasteiger partial charge in [-0.25, -0.2) is 0 Å². The van der Waals surface area contributed by atoms with Crippen molar-refractivity contribution in [2.75, 3.05) is 5.75 Å². The Hall–Kier alpha value is 0.330. The third-order valence-electron chi connectivity index (χ3n) is 2.03. The molecule has 4 heteroatoms. The fraction of sp³-hybridized carbons (Fsp3) is 0.400. The zero-order valence-electron chi connectivity index (χ0n) is 8.82. The molecule has 72 valence electrons. The summed E-state index contributed by atoms with van der Waals surface area (Å²) in [5.41, 5.74) is 0.757. The summed E-state index contributed by atoms with van der Waals surface area (Å²) in [5, 5.41) is 0. The van der Waals surface area contributed by atoms with Crippen molar-refractivity contribution < 1.29 is 38.3 Å². The molecule has 0 N–H and O–H groups in total. The van der Waals surface area contributed by atoms with Crippen molar-refractivity contribution in [3.05, 3.63) is 35.9 Å². The first kappa shape index (κ1) is 14.3. The van der Waals surface area contributed by atoms with Crippen LogP contribution in [0.5, 0.6) is 0 Å². The summed E-state index contributed by atoms with van der Waals surface area (Å²) < 4.78 is 21.2. The van der Waals surface area contributed by atoms with Crippen LogP contribution in [0.3, 0.4) is 0 Å². The molecule has 0 heterocycles. The van der Waals surface area contributed by atoms with Gasteiger partial charge in [0.15, 0.2) is 0 Å². The van der Waals surface area contributed by atoms with Crippen LogP contribution in [0.2, 0.25) is 0 Å². The fourth-order valence-electron chi connectivity index (χ4n) is 1.27. The maximum atomic E-state index is 10.6. The van der Waals surface area contributed by atoms with Gasteiger partial charge in [-0.2, -0.15) is 0 Å². The topological polar surface area (TPSA) is 40.1 Å². The van der Waals surface area contributed by atoms with Crippen LogP contribution in [0.15, 0.2) is 30.3 Å². The first-order valence-electron chi connectivity index (χ1n) is 4.14. The van der Waals surface area contributed by atoms with Crippen LogP contribution in [0, 0.1) is 0 Å². The van der Waals surface area contributed by atoms with Crippen LogP contribution in [-0.2, 0) is 16.5 Å². The van der Waals surface area contributed by atoms with Gasteiger partial charge >= 0.3 is 29.6 Å². The molecule has 1 aromatic carbocycles. The summed E-state index contributed by atoms with van der Waals surface area (Å²) in [6.45, 7) is 3.86. The van der Waals surface area contributed by atoms with Crippen molar-refractivity contribution in [2.24, 2.45) is 0 Å². The molecule has 14 heavy (non-hydrogen) atoms. The molecule has 0 aliphatic rings. The first-order chi connectivity index (χ1) is 6.02. The second-order valence-electron chi connectivity index (χ2n) is 3.70. The molecule has 1 rings (SSSR count). The van der Waals surface area contributed by atoms with Crippen molar-refractivity contribution in [3.63, 3.8) is 0 Å². The van der Waals surface area contributed by atoms with Crippen LogP contribution < -0.4 is 29.6 Å². The first-order valence-corrected chi connectivity index (χ1v) is 5.38. The summed E-state index contributed by atoms with van der Waals surface area (Å²) in [5.74, 6) is 0.164. The Morgan fingerprint density at radius 2 is 1.79 bits per heavy atom. The minimum atomic E-state index is -1.99. The van der Waals surface area contributed by atoms with E-state index < -0.39 is 11.1 Å². The van der Waals surface area contributed by atoms with E-state index in [1.165, 1.54) is 0 Å². The average molecular weight is 220 g/mol. The molecule has 0 fully saturated rings. The zero-order chi connectivity index (χ0) is 9.90. The maximum Gasteiger partial charge on any atom is 1.00 e. The number of hydrogen-bond acceptors (Lipinski definition) is 2. The summed E-state index contributed by atoms with van der Waals surface area (Å²) in [6.07, 6.45) is 0. The predicted octanol–water partition coefficient (Wildman–Crippen LogP) is -1.15. The van der Waals surface area contributed by atoms with Crippen molar-refractivity contribution in [3.8, 4) is 0 Å². The van der Waals surface area contributed by atoms with E-state index in [2.05, 4.69) is 0 Å². The van der Waals surface area contributed by atoms with E-state index in [0.29, 0.717) is 0 Å². The molecule has 0 saturated heterocycles. The Labute approximate surface area is 110 Å². The third kappa shape index (κ3) is 4.24. The van der Waals surface area contributed by atoms with E-state index in [-0.39, 0.29) is 40.7 Å². The largest absolute Gasteiger partial charge is 1.00 e. The number of benzene rings is 1. The van der Waals surface area contributed by atoms with E-state index in [9.17, 15) is 8.76 Å². The van der Waals surface area contributed by atoms with Crippen LogP contribution in [-0.4, -0.2) is 14.5 Å². The monoisotopic (exact) mass is 220 g/mol. The standard InChI is InChI=1S/C10H14O2S.Na/c1-10(2,8-13(11)12)9-6-4-3-5-7-9;/h3-7H,8H2,1-2H3,(H,11,12);/q;+1/p-1. The molecule has 1 aromatic rings. The zero-order valence-corrected chi connectivity index (χ0v) is 11.6. The van der Waals surface area contributed by atoms with E-state index in [0.717, 1.165) is 5.56 Å². The van der Waals surface area contributed by atoms with Gasteiger partial charge in [0.1, 0.15) is 0 Å². The van der Waals surface area contributed by atoms with Gasteiger partial charge in [0, 0.05) is 11.2 Å². The van der Waals surface area contributed by atoms with Gasteiger partial charge in [-0.15, -0.1) is 0 Å². The Morgan fingerprint density at radius 1 is 1.29 bits per heavy atom. The van der Waals surface area contributed by atoms with E-state index >= 15 is 0 Å². The van der Waals surface area contributed by atoms with Crippen LogP contribution in [0.1, 0.15) is 19.4 Å². The molecule has 2 nitrogen and oxygen atoms in total. The second-order valence-corrected chi connectivity index (χ2v) is 4.59. The van der Waals surface area contributed by atoms with Crippen LogP contribution >= 0.6 is 0 Å². The maximum absolute atomic E-state index is 10.6. The quantitative estimate of drug-likeness (QED) is 0.476. The molecule has 0 spiro atoms. The molecule has 0 bridgehead atoms. The Balaban J connectivity index is 0.00000169. The minimum Gasteiger partial charge on any atom is -0.772 e. The fourth-order valence-corrected chi connectivity index (χ4v) is 2.02. The third-order valence-corrected chi connectivity index (χ3v) is 2.99. The van der Waals surface area contributed by atoms with Gasteiger partial charge < -0.3 is 4.55 Å².